The van der Waals surface area contributed by atoms with E-state index in [0.717, 1.165) is 6.42 Å². The molecule has 1 N–H and O–H groups in total. The van der Waals surface area contributed by atoms with Crippen molar-refractivity contribution < 1.29 is 9.53 Å². The van der Waals surface area contributed by atoms with Crippen molar-refractivity contribution in [1.82, 2.24) is 5.32 Å². The molecule has 0 bridgehead atoms. The summed E-state index contributed by atoms with van der Waals surface area (Å²) in [5.74, 6) is 2.42. The highest BCUT2D eigenvalue weighted by atomic mass is 16.5. The normalized spacial score (nSPS) is 14.3. The minimum atomic E-state index is -0.189. The number of methoxy groups -OCH3 is 1. The number of rotatable bonds is 5. The Balaban J connectivity index is 3.59. The number of carbonyl (C=O) groups is 1. The second-order valence-corrected chi connectivity index (χ2v) is 3.04. The highest BCUT2D eigenvalue weighted by molar-refractivity contribution is 5.76. The van der Waals surface area contributed by atoms with Crippen LogP contribution < -0.4 is 5.32 Å². The Morgan fingerprint density at radius 2 is 2.23 bits per heavy atom. The molecule has 0 aromatic heterocycles. The summed E-state index contributed by atoms with van der Waals surface area (Å²) in [6.07, 6.45) is 6.41. The Hall–Kier alpha value is -1.01. The second-order valence-electron chi connectivity index (χ2n) is 3.04. The van der Waals surface area contributed by atoms with Gasteiger partial charge in [-0.3, -0.25) is 4.79 Å². The second kappa shape index (κ2) is 6.50. The lowest BCUT2D eigenvalue weighted by Crippen LogP contribution is -2.31. The quantitative estimate of drug-likeness (QED) is 0.644. The molecule has 0 saturated heterocycles. The third-order valence-electron chi connectivity index (χ3n) is 1.81. The molecule has 0 fully saturated rings. The van der Waals surface area contributed by atoms with Crippen LogP contribution in [0.15, 0.2) is 0 Å². The molecular weight excluding hydrogens is 166 g/mol. The van der Waals surface area contributed by atoms with Crippen LogP contribution in [0.25, 0.3) is 0 Å². The molecule has 0 aliphatic rings. The highest BCUT2D eigenvalue weighted by Crippen LogP contribution is 1.99. The zero-order valence-electron chi connectivity index (χ0n) is 8.46. The summed E-state index contributed by atoms with van der Waals surface area (Å²) in [4.78, 5) is 11.2. The van der Waals surface area contributed by atoms with Crippen LogP contribution in [-0.4, -0.2) is 25.2 Å². The van der Waals surface area contributed by atoms with Crippen molar-refractivity contribution in [3.8, 4) is 12.3 Å². The molecule has 13 heavy (non-hydrogen) atoms. The van der Waals surface area contributed by atoms with E-state index in [0.29, 0.717) is 6.42 Å². The average molecular weight is 183 g/mol. The van der Waals surface area contributed by atoms with Crippen molar-refractivity contribution >= 4 is 5.91 Å². The summed E-state index contributed by atoms with van der Waals surface area (Å²) in [6, 6.07) is -0.189. The first kappa shape index (κ1) is 12.0. The Bertz CT molecular complexity index is 196. The lowest BCUT2D eigenvalue weighted by atomic mass is 10.2. The van der Waals surface area contributed by atoms with Gasteiger partial charge in [-0.15, -0.1) is 6.42 Å². The molecule has 0 spiro atoms. The summed E-state index contributed by atoms with van der Waals surface area (Å²) in [7, 11) is 1.63. The molecule has 2 unspecified atom stereocenters. The van der Waals surface area contributed by atoms with E-state index in [-0.39, 0.29) is 18.1 Å². The van der Waals surface area contributed by atoms with Gasteiger partial charge in [-0.05, 0) is 20.3 Å². The maximum absolute atomic E-state index is 11.2. The Morgan fingerprint density at radius 1 is 1.62 bits per heavy atom. The van der Waals surface area contributed by atoms with Gasteiger partial charge < -0.3 is 10.1 Å². The molecule has 0 saturated carbocycles. The molecule has 0 aromatic rings. The van der Waals surface area contributed by atoms with Crippen LogP contribution in [-0.2, 0) is 9.53 Å². The highest BCUT2D eigenvalue weighted by Gasteiger charge is 2.06. The van der Waals surface area contributed by atoms with Gasteiger partial charge in [-0.25, -0.2) is 0 Å². The Morgan fingerprint density at radius 3 is 2.69 bits per heavy atom. The molecule has 0 aliphatic carbocycles. The topological polar surface area (TPSA) is 38.3 Å². The molecule has 74 valence electrons. The van der Waals surface area contributed by atoms with Crippen LogP contribution in [0.1, 0.15) is 26.7 Å². The van der Waals surface area contributed by atoms with Crippen molar-refractivity contribution in [3.05, 3.63) is 0 Å². The molecule has 0 radical (unpaired) electrons. The van der Waals surface area contributed by atoms with Crippen LogP contribution in [0, 0.1) is 12.3 Å². The van der Waals surface area contributed by atoms with Crippen molar-refractivity contribution in [2.75, 3.05) is 7.11 Å². The zero-order chi connectivity index (χ0) is 10.3. The molecule has 3 heteroatoms. The van der Waals surface area contributed by atoms with Crippen LogP contribution in [0.4, 0.5) is 0 Å². The van der Waals surface area contributed by atoms with E-state index >= 15 is 0 Å². The Labute approximate surface area is 79.8 Å². The summed E-state index contributed by atoms with van der Waals surface area (Å²) < 4.78 is 5.01. The van der Waals surface area contributed by atoms with Crippen molar-refractivity contribution in [1.29, 1.82) is 0 Å². The van der Waals surface area contributed by atoms with E-state index in [1.165, 1.54) is 0 Å². The molecule has 1 amide bonds. The summed E-state index contributed by atoms with van der Waals surface area (Å²) >= 11 is 0. The van der Waals surface area contributed by atoms with E-state index in [1.54, 1.807) is 14.0 Å². The van der Waals surface area contributed by atoms with Gasteiger partial charge in [0.1, 0.15) is 0 Å². The monoisotopic (exact) mass is 183 g/mol. The summed E-state index contributed by atoms with van der Waals surface area (Å²) in [5.41, 5.74) is 0. The van der Waals surface area contributed by atoms with Crippen LogP contribution in [0.2, 0.25) is 0 Å². The lowest BCUT2D eigenvalue weighted by molar-refractivity contribution is -0.121. The standard InChI is InChI=1S/C10H17NO2/c1-5-8(2)11-10(12)7-6-9(3)13-4/h1,8-9H,6-7H2,2-4H3,(H,11,12). The van der Waals surface area contributed by atoms with Crippen LogP contribution in [0.3, 0.4) is 0 Å². The van der Waals surface area contributed by atoms with Crippen molar-refractivity contribution in [2.24, 2.45) is 0 Å². The molecule has 3 nitrogen and oxygen atoms in total. The number of hydrogen-bond acceptors (Lipinski definition) is 2. The fourth-order valence-corrected chi connectivity index (χ4v) is 0.808. The largest absolute Gasteiger partial charge is 0.382 e. The van der Waals surface area contributed by atoms with E-state index in [1.807, 2.05) is 6.92 Å². The predicted octanol–water partition coefficient (Wildman–Crippen LogP) is 0.939. The molecular formula is C10H17NO2. The average Bonchev–Trinajstić information content (AvgIpc) is 2.13. The Kier molecular flexibility index (Phi) is 5.99. The van der Waals surface area contributed by atoms with Crippen LogP contribution >= 0.6 is 0 Å². The summed E-state index contributed by atoms with van der Waals surface area (Å²) in [5, 5.41) is 2.68. The van der Waals surface area contributed by atoms with Crippen LogP contribution in [0.5, 0.6) is 0 Å². The van der Waals surface area contributed by atoms with E-state index in [9.17, 15) is 4.79 Å². The first-order valence-corrected chi connectivity index (χ1v) is 4.38. The van der Waals surface area contributed by atoms with Gasteiger partial charge >= 0.3 is 0 Å². The maximum Gasteiger partial charge on any atom is 0.221 e. The molecule has 2 atom stereocenters. The first-order valence-electron chi connectivity index (χ1n) is 4.38. The van der Waals surface area contributed by atoms with Gasteiger partial charge in [0.05, 0.1) is 12.1 Å². The van der Waals surface area contributed by atoms with Gasteiger partial charge in [-0.1, -0.05) is 5.92 Å². The van der Waals surface area contributed by atoms with Gasteiger partial charge in [0, 0.05) is 13.5 Å². The smallest absolute Gasteiger partial charge is 0.221 e. The van der Waals surface area contributed by atoms with Gasteiger partial charge in [0.2, 0.25) is 5.91 Å². The fraction of sp³-hybridized carbons (Fsp3) is 0.700. The SMILES string of the molecule is C#CC(C)NC(=O)CCC(C)OC. The third kappa shape index (κ3) is 6.18. The van der Waals surface area contributed by atoms with E-state index in [2.05, 4.69) is 11.2 Å². The van der Waals surface area contributed by atoms with E-state index in [4.69, 9.17) is 11.2 Å². The zero-order valence-corrected chi connectivity index (χ0v) is 8.46. The minimum absolute atomic E-state index is 0.0191. The minimum Gasteiger partial charge on any atom is -0.382 e. The number of hydrogen-bond donors (Lipinski definition) is 1. The van der Waals surface area contributed by atoms with Crippen molar-refractivity contribution in [3.63, 3.8) is 0 Å². The lowest BCUT2D eigenvalue weighted by Gasteiger charge is -2.10. The molecule has 0 rings (SSSR count). The third-order valence-corrected chi connectivity index (χ3v) is 1.81. The fourth-order valence-electron chi connectivity index (χ4n) is 0.808. The van der Waals surface area contributed by atoms with Gasteiger partial charge in [0.15, 0.2) is 0 Å². The van der Waals surface area contributed by atoms with E-state index < -0.39 is 0 Å². The molecule has 0 aliphatic heterocycles. The van der Waals surface area contributed by atoms with Gasteiger partial charge in [0.25, 0.3) is 0 Å². The van der Waals surface area contributed by atoms with Gasteiger partial charge in [-0.2, -0.15) is 0 Å². The number of ether oxygens (including phenoxy) is 1. The predicted molar refractivity (Wildman–Crippen MR) is 52.1 cm³/mol. The molecule has 0 heterocycles. The number of nitrogens with one attached hydrogen (secondary N) is 1. The number of carbonyl (C=O) groups excluding carboxylic acids is 1. The van der Waals surface area contributed by atoms with Crippen molar-refractivity contribution in [2.45, 2.75) is 38.8 Å². The first-order chi connectivity index (χ1) is 6.10. The number of amides is 1. The maximum atomic E-state index is 11.2. The summed E-state index contributed by atoms with van der Waals surface area (Å²) in [6.45, 7) is 3.70. The molecule has 0 aromatic carbocycles. The number of terminal acetylenes is 1.